The molecular formula is C22H30N2O5. The lowest BCUT2D eigenvalue weighted by molar-refractivity contribution is -0.158. The fourth-order valence-electron chi connectivity index (χ4n) is 4.00. The average Bonchev–Trinajstić information content (AvgIpc) is 3.10. The van der Waals surface area contributed by atoms with E-state index in [1.54, 1.807) is 25.0 Å². The summed E-state index contributed by atoms with van der Waals surface area (Å²) in [7, 11) is 1.55. The Morgan fingerprint density at radius 1 is 1.21 bits per heavy atom. The number of carbonyl (C=O) groups is 3. The van der Waals surface area contributed by atoms with E-state index in [1.807, 2.05) is 19.1 Å². The Bertz CT molecular complexity index is 772. The molecule has 0 radical (unpaired) electrons. The first-order valence-corrected chi connectivity index (χ1v) is 10.3. The minimum absolute atomic E-state index is 0.0624. The van der Waals surface area contributed by atoms with E-state index < -0.39 is 18.0 Å². The van der Waals surface area contributed by atoms with Gasteiger partial charge in [-0.05, 0) is 44.4 Å². The number of hydrogen-bond donors (Lipinski definition) is 1. The van der Waals surface area contributed by atoms with Crippen molar-refractivity contribution in [2.24, 2.45) is 5.92 Å². The van der Waals surface area contributed by atoms with Gasteiger partial charge in [0.1, 0.15) is 5.75 Å². The van der Waals surface area contributed by atoms with Gasteiger partial charge in [0.2, 0.25) is 5.91 Å². The van der Waals surface area contributed by atoms with Gasteiger partial charge in [-0.2, -0.15) is 0 Å². The highest BCUT2D eigenvalue weighted by Gasteiger charge is 2.38. The van der Waals surface area contributed by atoms with Gasteiger partial charge in [0, 0.05) is 19.0 Å². The van der Waals surface area contributed by atoms with Gasteiger partial charge in [0.25, 0.3) is 5.91 Å². The Hall–Kier alpha value is -2.57. The molecule has 1 saturated carbocycles. The Labute approximate surface area is 171 Å². The maximum absolute atomic E-state index is 12.6. The Morgan fingerprint density at radius 2 is 1.93 bits per heavy atom. The first-order chi connectivity index (χ1) is 13.9. The fourth-order valence-corrected chi connectivity index (χ4v) is 4.00. The van der Waals surface area contributed by atoms with E-state index in [4.69, 9.17) is 9.47 Å². The molecule has 1 heterocycles. The van der Waals surface area contributed by atoms with Gasteiger partial charge < -0.3 is 19.7 Å². The normalized spacial score (nSPS) is 21.0. The zero-order valence-corrected chi connectivity index (χ0v) is 17.4. The van der Waals surface area contributed by atoms with Gasteiger partial charge >= 0.3 is 5.97 Å². The van der Waals surface area contributed by atoms with E-state index >= 15 is 0 Å². The highest BCUT2D eigenvalue weighted by atomic mass is 16.5. The molecule has 1 aromatic carbocycles. The number of carbonyl (C=O) groups excluding carboxylic acids is 3. The first-order valence-electron chi connectivity index (χ1n) is 10.3. The Kier molecular flexibility index (Phi) is 6.77. The SMILES string of the molecule is COc1ccc(C)cc1N1CC(C(=O)OC(C)C(=O)NC2CCCCC2)CC1=O. The van der Waals surface area contributed by atoms with E-state index in [0.717, 1.165) is 31.2 Å². The lowest BCUT2D eigenvalue weighted by Crippen LogP contribution is -2.43. The molecule has 2 unspecified atom stereocenters. The number of esters is 1. The minimum atomic E-state index is -0.873. The molecule has 2 amide bonds. The molecule has 2 aliphatic rings. The van der Waals surface area contributed by atoms with Crippen molar-refractivity contribution in [1.82, 2.24) is 5.32 Å². The highest BCUT2D eigenvalue weighted by Crippen LogP contribution is 2.34. The molecule has 3 rings (SSSR count). The third kappa shape index (κ3) is 5.08. The standard InChI is InChI=1S/C22H30N2O5/c1-14-9-10-19(28-3)18(11-14)24-13-16(12-20(24)25)22(27)29-15(2)21(26)23-17-7-5-4-6-8-17/h9-11,15-17H,4-8,12-13H2,1-3H3,(H,23,26). The monoisotopic (exact) mass is 402 g/mol. The van der Waals surface area contributed by atoms with Crippen LogP contribution in [0.2, 0.25) is 0 Å². The molecule has 1 aliphatic heterocycles. The number of hydrogen-bond acceptors (Lipinski definition) is 5. The molecule has 2 atom stereocenters. The number of benzene rings is 1. The number of methoxy groups -OCH3 is 1. The maximum Gasteiger partial charge on any atom is 0.312 e. The van der Waals surface area contributed by atoms with Crippen LogP contribution in [0.15, 0.2) is 18.2 Å². The molecule has 0 spiro atoms. The van der Waals surface area contributed by atoms with Crippen molar-refractivity contribution in [3.8, 4) is 5.75 Å². The lowest BCUT2D eigenvalue weighted by Gasteiger charge is -2.24. The number of aryl methyl sites for hydroxylation is 1. The van der Waals surface area contributed by atoms with Crippen molar-refractivity contribution in [3.05, 3.63) is 23.8 Å². The largest absolute Gasteiger partial charge is 0.495 e. The molecule has 1 N–H and O–H groups in total. The van der Waals surface area contributed by atoms with Gasteiger partial charge in [0.15, 0.2) is 6.10 Å². The lowest BCUT2D eigenvalue weighted by atomic mass is 9.95. The molecular weight excluding hydrogens is 372 g/mol. The van der Waals surface area contributed by atoms with Crippen LogP contribution in [0, 0.1) is 12.8 Å². The highest BCUT2D eigenvalue weighted by molar-refractivity contribution is 6.00. The second-order valence-corrected chi connectivity index (χ2v) is 8.00. The molecule has 0 bridgehead atoms. The van der Waals surface area contributed by atoms with Crippen LogP contribution in [-0.2, 0) is 19.1 Å². The van der Waals surface area contributed by atoms with E-state index in [-0.39, 0.29) is 30.8 Å². The van der Waals surface area contributed by atoms with Gasteiger partial charge in [-0.3, -0.25) is 14.4 Å². The van der Waals surface area contributed by atoms with Crippen LogP contribution in [0.3, 0.4) is 0 Å². The van der Waals surface area contributed by atoms with Crippen molar-refractivity contribution in [1.29, 1.82) is 0 Å². The number of rotatable bonds is 6. The van der Waals surface area contributed by atoms with Gasteiger partial charge in [-0.1, -0.05) is 25.3 Å². The number of amides is 2. The van der Waals surface area contributed by atoms with Crippen molar-refractivity contribution in [2.45, 2.75) is 64.5 Å². The third-order valence-electron chi connectivity index (χ3n) is 5.70. The van der Waals surface area contributed by atoms with Crippen LogP contribution < -0.4 is 15.0 Å². The molecule has 2 fully saturated rings. The summed E-state index contributed by atoms with van der Waals surface area (Å²) in [5.74, 6) is -0.962. The number of anilines is 1. The van der Waals surface area contributed by atoms with E-state index in [0.29, 0.717) is 11.4 Å². The van der Waals surface area contributed by atoms with Crippen molar-refractivity contribution in [3.63, 3.8) is 0 Å². The minimum Gasteiger partial charge on any atom is -0.495 e. The summed E-state index contributed by atoms with van der Waals surface area (Å²) in [6.45, 7) is 3.73. The topological polar surface area (TPSA) is 84.9 Å². The van der Waals surface area contributed by atoms with E-state index in [2.05, 4.69) is 5.32 Å². The summed E-state index contributed by atoms with van der Waals surface area (Å²) < 4.78 is 10.8. The summed E-state index contributed by atoms with van der Waals surface area (Å²) in [5, 5.41) is 2.97. The predicted octanol–water partition coefficient (Wildman–Crippen LogP) is 2.74. The molecule has 1 saturated heterocycles. The maximum atomic E-state index is 12.6. The summed E-state index contributed by atoms with van der Waals surface area (Å²) in [5.41, 5.74) is 1.64. The van der Waals surface area contributed by atoms with Crippen LogP contribution in [0.25, 0.3) is 0 Å². The number of nitrogens with one attached hydrogen (secondary N) is 1. The molecule has 1 aliphatic carbocycles. The smallest absolute Gasteiger partial charge is 0.312 e. The quantitative estimate of drug-likeness (QED) is 0.740. The van der Waals surface area contributed by atoms with Crippen molar-refractivity contribution < 1.29 is 23.9 Å². The predicted molar refractivity (Wildman–Crippen MR) is 109 cm³/mol. The van der Waals surface area contributed by atoms with Crippen LogP contribution in [0.1, 0.15) is 51.0 Å². The zero-order chi connectivity index (χ0) is 21.0. The van der Waals surface area contributed by atoms with Crippen molar-refractivity contribution >= 4 is 23.5 Å². The summed E-state index contributed by atoms with van der Waals surface area (Å²) in [4.78, 5) is 39.0. The Morgan fingerprint density at radius 3 is 2.62 bits per heavy atom. The van der Waals surface area contributed by atoms with Gasteiger partial charge in [-0.25, -0.2) is 0 Å². The molecule has 1 aromatic rings. The second-order valence-electron chi connectivity index (χ2n) is 8.00. The van der Waals surface area contributed by atoms with Crippen molar-refractivity contribution in [2.75, 3.05) is 18.6 Å². The van der Waals surface area contributed by atoms with Crippen LogP contribution >= 0.6 is 0 Å². The van der Waals surface area contributed by atoms with Gasteiger partial charge in [-0.15, -0.1) is 0 Å². The molecule has 7 heteroatoms. The third-order valence-corrected chi connectivity index (χ3v) is 5.70. The molecule has 7 nitrogen and oxygen atoms in total. The van der Waals surface area contributed by atoms with Crippen LogP contribution in [0.4, 0.5) is 5.69 Å². The van der Waals surface area contributed by atoms with Crippen LogP contribution in [-0.4, -0.2) is 43.6 Å². The van der Waals surface area contributed by atoms with Crippen LogP contribution in [0.5, 0.6) is 5.75 Å². The second kappa shape index (κ2) is 9.29. The summed E-state index contributed by atoms with van der Waals surface area (Å²) in [6, 6.07) is 5.74. The summed E-state index contributed by atoms with van der Waals surface area (Å²) >= 11 is 0. The zero-order valence-electron chi connectivity index (χ0n) is 17.4. The molecule has 29 heavy (non-hydrogen) atoms. The fraction of sp³-hybridized carbons (Fsp3) is 0.591. The van der Waals surface area contributed by atoms with E-state index in [9.17, 15) is 14.4 Å². The van der Waals surface area contributed by atoms with Gasteiger partial charge in [0.05, 0.1) is 18.7 Å². The average molecular weight is 402 g/mol. The molecule has 0 aromatic heterocycles. The first kappa shape index (κ1) is 21.1. The number of nitrogens with zero attached hydrogens (tertiary/aromatic N) is 1. The van der Waals surface area contributed by atoms with E-state index in [1.165, 1.54) is 6.42 Å². The summed E-state index contributed by atoms with van der Waals surface area (Å²) in [6.07, 6.45) is 4.56. The molecule has 158 valence electrons. The Balaban J connectivity index is 1.58. The number of ether oxygens (including phenoxy) is 2.